The van der Waals surface area contributed by atoms with Gasteiger partial charge < -0.3 is 9.47 Å². The van der Waals surface area contributed by atoms with Crippen LogP contribution in [0.1, 0.15) is 29.9 Å². The van der Waals surface area contributed by atoms with E-state index in [-0.39, 0.29) is 15.8 Å². The van der Waals surface area contributed by atoms with Crippen LogP contribution in [0.2, 0.25) is 0 Å². The molecule has 1 aliphatic heterocycles. The molecule has 1 aromatic heterocycles. The predicted molar refractivity (Wildman–Crippen MR) is 96.5 cm³/mol. The highest BCUT2D eigenvalue weighted by atomic mass is 32.2. The van der Waals surface area contributed by atoms with E-state index in [4.69, 9.17) is 4.74 Å². The first-order chi connectivity index (χ1) is 11.8. The van der Waals surface area contributed by atoms with E-state index in [2.05, 4.69) is 28.2 Å². The van der Waals surface area contributed by atoms with Gasteiger partial charge in [-0.05, 0) is 23.8 Å². The van der Waals surface area contributed by atoms with Crippen molar-refractivity contribution in [3.8, 4) is 0 Å². The molecule has 9 heteroatoms. The molecule has 1 N–H and O–H groups in total. The van der Waals surface area contributed by atoms with E-state index in [1.165, 1.54) is 13.2 Å². The minimum absolute atomic E-state index is 0.0189. The number of esters is 1. The van der Waals surface area contributed by atoms with Gasteiger partial charge in [-0.1, -0.05) is 13.8 Å². The highest BCUT2D eigenvalue weighted by Gasteiger charge is 2.27. The Morgan fingerprint density at radius 1 is 1.40 bits per heavy atom. The van der Waals surface area contributed by atoms with Crippen LogP contribution in [0.15, 0.2) is 16.3 Å². The molecular formula is C16H26N2O5S2. The van der Waals surface area contributed by atoms with E-state index < -0.39 is 16.0 Å². The molecule has 0 spiro atoms. The number of morpholine rings is 1. The van der Waals surface area contributed by atoms with Gasteiger partial charge >= 0.3 is 5.97 Å². The molecule has 0 aliphatic carbocycles. The number of ether oxygens (including phenoxy) is 2. The van der Waals surface area contributed by atoms with Crippen LogP contribution in [-0.4, -0.2) is 65.3 Å². The van der Waals surface area contributed by atoms with E-state index in [0.29, 0.717) is 25.7 Å². The Morgan fingerprint density at radius 2 is 2.08 bits per heavy atom. The molecule has 0 amide bonds. The van der Waals surface area contributed by atoms with Gasteiger partial charge in [-0.2, -0.15) is 0 Å². The summed E-state index contributed by atoms with van der Waals surface area (Å²) in [5.74, 6) is -0.189. The van der Waals surface area contributed by atoms with Gasteiger partial charge in [0.15, 0.2) is 0 Å². The van der Waals surface area contributed by atoms with Crippen molar-refractivity contribution in [1.82, 2.24) is 9.62 Å². The molecule has 0 bridgehead atoms. The van der Waals surface area contributed by atoms with E-state index in [9.17, 15) is 13.2 Å². The van der Waals surface area contributed by atoms with Gasteiger partial charge in [-0.3, -0.25) is 4.90 Å². The highest BCUT2D eigenvalue weighted by molar-refractivity contribution is 7.89. The molecule has 1 fully saturated rings. The van der Waals surface area contributed by atoms with Crippen LogP contribution in [0.3, 0.4) is 0 Å². The largest absolute Gasteiger partial charge is 0.465 e. The van der Waals surface area contributed by atoms with Crippen molar-refractivity contribution in [3.05, 3.63) is 16.3 Å². The smallest absolute Gasteiger partial charge is 0.349 e. The summed E-state index contributed by atoms with van der Waals surface area (Å²) in [4.78, 5) is 14.1. The zero-order valence-corrected chi connectivity index (χ0v) is 16.5. The number of hydrogen-bond donors (Lipinski definition) is 1. The van der Waals surface area contributed by atoms with Gasteiger partial charge in [-0.15, -0.1) is 11.3 Å². The van der Waals surface area contributed by atoms with Crippen LogP contribution in [0.25, 0.3) is 0 Å². The third-order valence-corrected chi connectivity index (χ3v) is 6.59. The number of carbonyl (C=O) groups excluding carboxylic acids is 1. The lowest BCUT2D eigenvalue weighted by atomic mass is 10.0. The first-order valence-electron chi connectivity index (χ1n) is 8.32. The van der Waals surface area contributed by atoms with Gasteiger partial charge in [0, 0.05) is 25.7 Å². The topological polar surface area (TPSA) is 84.9 Å². The molecule has 1 saturated heterocycles. The lowest BCUT2D eigenvalue weighted by Crippen LogP contribution is -2.49. The van der Waals surface area contributed by atoms with Crippen molar-refractivity contribution in [2.45, 2.75) is 31.2 Å². The van der Waals surface area contributed by atoms with Gasteiger partial charge in [0.1, 0.15) is 9.77 Å². The maximum Gasteiger partial charge on any atom is 0.349 e. The molecule has 1 aromatic rings. The predicted octanol–water partition coefficient (Wildman–Crippen LogP) is 1.56. The number of rotatable bonds is 8. The minimum Gasteiger partial charge on any atom is -0.465 e. The molecule has 2 heterocycles. The van der Waals surface area contributed by atoms with E-state index in [1.54, 1.807) is 5.38 Å². The number of methoxy groups -OCH3 is 1. The minimum atomic E-state index is -3.77. The van der Waals surface area contributed by atoms with Crippen LogP contribution < -0.4 is 4.72 Å². The molecule has 142 valence electrons. The molecule has 7 nitrogen and oxygen atoms in total. The molecule has 0 unspecified atom stereocenters. The number of nitrogens with one attached hydrogen (secondary N) is 1. The van der Waals surface area contributed by atoms with Crippen molar-refractivity contribution in [1.29, 1.82) is 0 Å². The van der Waals surface area contributed by atoms with Crippen molar-refractivity contribution in [2.24, 2.45) is 5.92 Å². The Hall–Kier alpha value is -1.00. The molecule has 0 radical (unpaired) electrons. The summed E-state index contributed by atoms with van der Waals surface area (Å²) in [7, 11) is -2.53. The zero-order chi connectivity index (χ0) is 18.4. The maximum atomic E-state index is 12.7. The van der Waals surface area contributed by atoms with Crippen LogP contribution in [0.4, 0.5) is 0 Å². The van der Waals surface area contributed by atoms with Crippen LogP contribution in [0, 0.1) is 5.92 Å². The van der Waals surface area contributed by atoms with Crippen molar-refractivity contribution >= 4 is 27.3 Å². The fourth-order valence-corrected chi connectivity index (χ4v) is 5.29. The summed E-state index contributed by atoms with van der Waals surface area (Å²) in [5, 5.41) is 1.58. The molecule has 2 rings (SSSR count). The summed E-state index contributed by atoms with van der Waals surface area (Å²) >= 11 is 1.06. The molecular weight excluding hydrogens is 364 g/mol. The maximum absolute atomic E-state index is 12.7. The SMILES string of the molecule is COC(=O)c1sccc1S(=O)(=O)NC[C@@H](CC(C)C)N1CCOCC1. The van der Waals surface area contributed by atoms with Crippen molar-refractivity contribution < 1.29 is 22.7 Å². The molecule has 25 heavy (non-hydrogen) atoms. The first kappa shape index (κ1) is 20.3. The van der Waals surface area contributed by atoms with Crippen LogP contribution in [0.5, 0.6) is 0 Å². The fraction of sp³-hybridized carbons (Fsp3) is 0.688. The number of sulfonamides is 1. The summed E-state index contributed by atoms with van der Waals surface area (Å²) in [6.07, 6.45) is 0.885. The molecule has 0 aromatic carbocycles. The third kappa shape index (κ3) is 5.49. The Balaban J connectivity index is 2.10. The van der Waals surface area contributed by atoms with Crippen LogP contribution >= 0.6 is 11.3 Å². The normalized spacial score (nSPS) is 17.6. The standard InChI is InChI=1S/C16H26N2O5S2/c1-12(2)10-13(18-5-7-23-8-6-18)11-17-25(20,21)14-4-9-24-15(14)16(19)22-3/h4,9,12-13,17H,5-8,10-11H2,1-3H3/t13-/m1/s1. The lowest BCUT2D eigenvalue weighted by molar-refractivity contribution is 0.0134. The second kappa shape index (κ2) is 9.09. The highest BCUT2D eigenvalue weighted by Crippen LogP contribution is 2.23. The molecule has 1 aliphatic rings. The monoisotopic (exact) mass is 390 g/mol. The molecule has 0 saturated carbocycles. The Labute approximate surface area is 153 Å². The summed E-state index contributed by atoms with van der Waals surface area (Å²) in [6, 6.07) is 1.53. The van der Waals surface area contributed by atoms with E-state index in [1.807, 2.05) is 0 Å². The summed E-state index contributed by atoms with van der Waals surface area (Å²) in [6.45, 7) is 7.47. The van der Waals surface area contributed by atoms with E-state index in [0.717, 1.165) is 30.8 Å². The van der Waals surface area contributed by atoms with E-state index >= 15 is 0 Å². The average molecular weight is 391 g/mol. The number of nitrogens with zero attached hydrogens (tertiary/aromatic N) is 1. The van der Waals surface area contributed by atoms with Gasteiger partial charge in [0.05, 0.1) is 20.3 Å². The first-order valence-corrected chi connectivity index (χ1v) is 10.7. The Kier molecular flexibility index (Phi) is 7.38. The summed E-state index contributed by atoms with van der Waals surface area (Å²) in [5.41, 5.74) is 0. The number of hydrogen-bond acceptors (Lipinski definition) is 7. The van der Waals surface area contributed by atoms with Crippen molar-refractivity contribution in [3.63, 3.8) is 0 Å². The second-order valence-electron chi connectivity index (χ2n) is 6.39. The van der Waals surface area contributed by atoms with Gasteiger partial charge in [0.2, 0.25) is 10.0 Å². The Bertz CT molecular complexity index is 666. The third-order valence-electron chi connectivity index (χ3n) is 4.10. The van der Waals surface area contributed by atoms with Crippen molar-refractivity contribution in [2.75, 3.05) is 40.0 Å². The number of carbonyl (C=O) groups is 1. The quantitative estimate of drug-likeness (QED) is 0.678. The van der Waals surface area contributed by atoms with Gasteiger partial charge in [-0.25, -0.2) is 17.9 Å². The van der Waals surface area contributed by atoms with Crippen LogP contribution in [-0.2, 0) is 19.5 Å². The average Bonchev–Trinajstić information content (AvgIpc) is 3.09. The number of thiophene rings is 1. The second-order valence-corrected chi connectivity index (χ2v) is 9.04. The zero-order valence-electron chi connectivity index (χ0n) is 14.9. The summed E-state index contributed by atoms with van der Waals surface area (Å²) < 4.78 is 38.0. The fourth-order valence-electron chi connectivity index (χ4n) is 2.88. The lowest BCUT2D eigenvalue weighted by Gasteiger charge is -2.35. The van der Waals surface area contributed by atoms with Gasteiger partial charge in [0.25, 0.3) is 0 Å². The Morgan fingerprint density at radius 3 is 2.68 bits per heavy atom. The molecule has 1 atom stereocenters.